The first-order valence-electron chi connectivity index (χ1n) is 6.97. The number of hydrogen-bond donors (Lipinski definition) is 0. The number of nitrogens with zero attached hydrogens (tertiary/aromatic N) is 3. The lowest BCUT2D eigenvalue weighted by Crippen LogP contribution is -2.56. The summed E-state index contributed by atoms with van der Waals surface area (Å²) in [6, 6.07) is 9.56. The molecule has 6 heteroatoms. The van der Waals surface area contributed by atoms with E-state index in [1.54, 1.807) is 11.1 Å². The maximum atomic E-state index is 12.4. The van der Waals surface area contributed by atoms with Gasteiger partial charge in [-0.05, 0) is 18.2 Å². The number of fused-ring (bicyclic) bond motifs is 1. The summed E-state index contributed by atoms with van der Waals surface area (Å²) in [5.41, 5.74) is 0. The quantitative estimate of drug-likeness (QED) is 0.829. The van der Waals surface area contributed by atoms with Crippen molar-refractivity contribution in [3.05, 3.63) is 42.7 Å². The number of para-hydroxylation sites is 2. The maximum Gasteiger partial charge on any atom is 0.267 e. The number of carbonyl (C=O) groups excluding carboxylic acids is 1. The molecule has 0 saturated carbocycles. The van der Waals surface area contributed by atoms with E-state index in [2.05, 4.69) is 5.10 Å². The van der Waals surface area contributed by atoms with E-state index in [0.717, 1.165) is 0 Å². The van der Waals surface area contributed by atoms with Crippen molar-refractivity contribution in [3.63, 3.8) is 0 Å². The molecule has 2 aliphatic heterocycles. The van der Waals surface area contributed by atoms with Gasteiger partial charge in [0.05, 0.1) is 6.04 Å². The van der Waals surface area contributed by atoms with E-state index in [1.807, 2.05) is 41.2 Å². The molecule has 1 fully saturated rings. The third kappa shape index (κ3) is 2.12. The zero-order chi connectivity index (χ0) is 14.2. The van der Waals surface area contributed by atoms with Crippen molar-refractivity contribution in [2.75, 3.05) is 19.7 Å². The highest BCUT2D eigenvalue weighted by Gasteiger charge is 2.38. The van der Waals surface area contributed by atoms with Gasteiger partial charge in [0.2, 0.25) is 6.10 Å². The number of likely N-dealkylation sites (tertiary alicyclic amines) is 1. The smallest absolute Gasteiger partial charge is 0.267 e. The van der Waals surface area contributed by atoms with Crippen molar-refractivity contribution in [3.8, 4) is 11.5 Å². The van der Waals surface area contributed by atoms with Crippen LogP contribution >= 0.6 is 0 Å². The summed E-state index contributed by atoms with van der Waals surface area (Å²) in [6.45, 7) is 1.60. The second kappa shape index (κ2) is 4.80. The van der Waals surface area contributed by atoms with E-state index in [0.29, 0.717) is 24.6 Å². The van der Waals surface area contributed by atoms with Gasteiger partial charge in [-0.2, -0.15) is 5.10 Å². The SMILES string of the molecule is O=C(C1COc2ccccc2O1)N1CC(n2cccn2)C1. The lowest BCUT2D eigenvalue weighted by Gasteiger charge is -2.41. The van der Waals surface area contributed by atoms with Crippen LogP contribution < -0.4 is 9.47 Å². The average molecular weight is 285 g/mol. The van der Waals surface area contributed by atoms with Crippen LogP contribution in [0.1, 0.15) is 6.04 Å². The molecule has 1 aromatic carbocycles. The van der Waals surface area contributed by atoms with E-state index >= 15 is 0 Å². The summed E-state index contributed by atoms with van der Waals surface area (Å²) >= 11 is 0. The standard InChI is InChI=1S/C15H15N3O3/c19-15(17-8-11(9-17)18-7-3-6-16-18)14-10-20-12-4-1-2-5-13(12)21-14/h1-7,11,14H,8-10H2. The molecular formula is C15H15N3O3. The van der Waals surface area contributed by atoms with E-state index < -0.39 is 6.10 Å². The molecule has 6 nitrogen and oxygen atoms in total. The Morgan fingerprint density at radius 3 is 2.76 bits per heavy atom. The number of benzene rings is 1. The van der Waals surface area contributed by atoms with Crippen LogP contribution in [-0.4, -0.2) is 46.4 Å². The number of hydrogen-bond acceptors (Lipinski definition) is 4. The van der Waals surface area contributed by atoms with Gasteiger partial charge in [0.25, 0.3) is 5.91 Å². The van der Waals surface area contributed by atoms with E-state index in [4.69, 9.17) is 9.47 Å². The summed E-state index contributed by atoms with van der Waals surface area (Å²) < 4.78 is 13.2. The molecule has 1 saturated heterocycles. The van der Waals surface area contributed by atoms with Crippen LogP contribution in [0.4, 0.5) is 0 Å². The lowest BCUT2D eigenvalue weighted by molar-refractivity contribution is -0.147. The van der Waals surface area contributed by atoms with Gasteiger partial charge in [0, 0.05) is 25.5 Å². The van der Waals surface area contributed by atoms with Crippen molar-refractivity contribution < 1.29 is 14.3 Å². The second-order valence-electron chi connectivity index (χ2n) is 5.25. The lowest BCUT2D eigenvalue weighted by atomic mass is 10.1. The predicted molar refractivity (Wildman–Crippen MR) is 74.2 cm³/mol. The van der Waals surface area contributed by atoms with Gasteiger partial charge in [0.1, 0.15) is 6.61 Å². The van der Waals surface area contributed by atoms with E-state index in [9.17, 15) is 4.79 Å². The van der Waals surface area contributed by atoms with Gasteiger partial charge >= 0.3 is 0 Å². The highest BCUT2D eigenvalue weighted by atomic mass is 16.6. The number of carbonyl (C=O) groups is 1. The van der Waals surface area contributed by atoms with Gasteiger partial charge in [-0.3, -0.25) is 9.48 Å². The van der Waals surface area contributed by atoms with Crippen molar-refractivity contribution in [2.24, 2.45) is 0 Å². The Kier molecular flexibility index (Phi) is 2.80. The van der Waals surface area contributed by atoms with Crippen LogP contribution in [0.25, 0.3) is 0 Å². The molecule has 108 valence electrons. The Labute approximate surface area is 121 Å². The van der Waals surface area contributed by atoms with Crippen molar-refractivity contribution in [1.82, 2.24) is 14.7 Å². The summed E-state index contributed by atoms with van der Waals surface area (Å²) in [4.78, 5) is 14.2. The molecule has 1 amide bonds. The zero-order valence-electron chi connectivity index (χ0n) is 11.4. The largest absolute Gasteiger partial charge is 0.485 e. The first-order valence-corrected chi connectivity index (χ1v) is 6.97. The van der Waals surface area contributed by atoms with Crippen molar-refractivity contribution >= 4 is 5.91 Å². The third-order valence-electron chi connectivity index (χ3n) is 3.86. The fourth-order valence-corrected chi connectivity index (χ4v) is 2.64. The molecule has 2 aliphatic rings. The Hall–Kier alpha value is -2.50. The highest BCUT2D eigenvalue weighted by molar-refractivity contribution is 5.82. The molecule has 2 aromatic rings. The summed E-state index contributed by atoms with van der Waals surface area (Å²) in [5.74, 6) is 1.30. The van der Waals surface area contributed by atoms with Gasteiger partial charge < -0.3 is 14.4 Å². The fourth-order valence-electron chi connectivity index (χ4n) is 2.64. The summed E-state index contributed by atoms with van der Waals surface area (Å²) in [5, 5.41) is 4.20. The van der Waals surface area contributed by atoms with Crippen LogP contribution in [0.5, 0.6) is 11.5 Å². The molecule has 0 bridgehead atoms. The maximum absolute atomic E-state index is 12.4. The Balaban J connectivity index is 1.39. The third-order valence-corrected chi connectivity index (χ3v) is 3.86. The monoisotopic (exact) mass is 285 g/mol. The first kappa shape index (κ1) is 12.3. The Morgan fingerprint density at radius 1 is 1.19 bits per heavy atom. The normalized spacial score (nSPS) is 21.0. The molecule has 0 aliphatic carbocycles. The Morgan fingerprint density at radius 2 is 2.00 bits per heavy atom. The van der Waals surface area contributed by atoms with Crippen molar-refractivity contribution in [1.29, 1.82) is 0 Å². The minimum absolute atomic E-state index is 0.0205. The van der Waals surface area contributed by atoms with Crippen LogP contribution in [0, 0.1) is 0 Å². The van der Waals surface area contributed by atoms with E-state index in [1.165, 1.54) is 0 Å². The topological polar surface area (TPSA) is 56.6 Å². The van der Waals surface area contributed by atoms with Gasteiger partial charge in [-0.1, -0.05) is 12.1 Å². The minimum atomic E-state index is -0.557. The molecule has 4 rings (SSSR count). The minimum Gasteiger partial charge on any atom is -0.485 e. The van der Waals surface area contributed by atoms with Crippen LogP contribution in [0.2, 0.25) is 0 Å². The molecule has 0 radical (unpaired) electrons. The number of aromatic nitrogens is 2. The van der Waals surface area contributed by atoms with Gasteiger partial charge in [-0.25, -0.2) is 0 Å². The van der Waals surface area contributed by atoms with Gasteiger partial charge in [0.15, 0.2) is 11.5 Å². The molecule has 1 unspecified atom stereocenters. The Bertz CT molecular complexity index is 650. The van der Waals surface area contributed by atoms with E-state index in [-0.39, 0.29) is 18.6 Å². The molecule has 0 spiro atoms. The van der Waals surface area contributed by atoms with Crippen LogP contribution in [-0.2, 0) is 4.79 Å². The summed E-state index contributed by atoms with van der Waals surface area (Å²) in [6.07, 6.45) is 3.11. The zero-order valence-corrected chi connectivity index (χ0v) is 11.4. The number of rotatable bonds is 2. The number of amides is 1. The first-order chi connectivity index (χ1) is 10.3. The van der Waals surface area contributed by atoms with Crippen LogP contribution in [0.15, 0.2) is 42.7 Å². The average Bonchev–Trinajstić information content (AvgIpc) is 2.99. The molecule has 0 N–H and O–H groups in total. The van der Waals surface area contributed by atoms with Crippen LogP contribution in [0.3, 0.4) is 0 Å². The molecule has 1 atom stereocenters. The molecular weight excluding hydrogens is 270 g/mol. The predicted octanol–water partition coefficient (Wildman–Crippen LogP) is 1.11. The fraction of sp³-hybridized carbons (Fsp3) is 0.333. The summed E-state index contributed by atoms with van der Waals surface area (Å²) in [7, 11) is 0. The molecule has 21 heavy (non-hydrogen) atoms. The van der Waals surface area contributed by atoms with Crippen molar-refractivity contribution in [2.45, 2.75) is 12.1 Å². The molecule has 1 aromatic heterocycles. The highest BCUT2D eigenvalue weighted by Crippen LogP contribution is 2.32. The van der Waals surface area contributed by atoms with Gasteiger partial charge in [-0.15, -0.1) is 0 Å². The second-order valence-corrected chi connectivity index (χ2v) is 5.25. The number of ether oxygens (including phenoxy) is 2. The molecule has 3 heterocycles.